The second-order valence-corrected chi connectivity index (χ2v) is 4.83. The van der Waals surface area contributed by atoms with Crippen LogP contribution in [-0.4, -0.2) is 18.8 Å². The van der Waals surface area contributed by atoms with Gasteiger partial charge in [-0.15, -0.1) is 0 Å². The van der Waals surface area contributed by atoms with Gasteiger partial charge in [-0.1, -0.05) is 12.1 Å². The maximum atomic E-state index is 12.6. The van der Waals surface area contributed by atoms with Gasteiger partial charge in [0.1, 0.15) is 34.5 Å². The van der Waals surface area contributed by atoms with Crippen molar-refractivity contribution in [3.63, 3.8) is 0 Å². The van der Waals surface area contributed by atoms with Gasteiger partial charge in [-0.2, -0.15) is 0 Å². The normalized spacial score (nSPS) is 10.8. The van der Waals surface area contributed by atoms with Crippen LogP contribution in [0.25, 0.3) is 22.1 Å². The monoisotopic (exact) mass is 334 g/mol. The van der Waals surface area contributed by atoms with Gasteiger partial charge in [-0.25, -0.2) is 8.78 Å². The number of alkyl halides is 2. The summed E-state index contributed by atoms with van der Waals surface area (Å²) >= 11 is 0. The number of fused-ring (bicyclic) bond motifs is 1. The summed E-state index contributed by atoms with van der Waals surface area (Å²) in [6.07, 6.45) is 1.23. The number of aromatic hydroxyl groups is 1. The fourth-order valence-electron chi connectivity index (χ4n) is 2.35. The molecule has 0 spiro atoms. The highest BCUT2D eigenvalue weighted by molar-refractivity contribution is 5.88. The first-order valence-corrected chi connectivity index (χ1v) is 6.90. The number of ether oxygens (including phenoxy) is 2. The lowest BCUT2D eigenvalue weighted by atomic mass is 10.0. The fourth-order valence-corrected chi connectivity index (χ4v) is 2.35. The molecule has 0 radical (unpaired) electrons. The largest absolute Gasteiger partial charge is 0.507 e. The molecule has 0 bridgehead atoms. The average molecular weight is 334 g/mol. The minimum Gasteiger partial charge on any atom is -0.507 e. The van der Waals surface area contributed by atoms with Gasteiger partial charge in [0.15, 0.2) is 0 Å². The molecule has 0 saturated heterocycles. The van der Waals surface area contributed by atoms with E-state index in [-0.39, 0.29) is 28.0 Å². The summed E-state index contributed by atoms with van der Waals surface area (Å²) in [5, 5.41) is 9.98. The van der Waals surface area contributed by atoms with E-state index < -0.39 is 19.2 Å². The summed E-state index contributed by atoms with van der Waals surface area (Å²) in [5.41, 5.74) is 0.341. The van der Waals surface area contributed by atoms with Crippen LogP contribution in [0.3, 0.4) is 0 Å². The van der Waals surface area contributed by atoms with Crippen LogP contribution in [0.4, 0.5) is 8.78 Å². The van der Waals surface area contributed by atoms with Crippen LogP contribution in [0.5, 0.6) is 17.2 Å². The maximum Gasteiger partial charge on any atom is 0.228 e. The van der Waals surface area contributed by atoms with E-state index in [1.807, 2.05) is 0 Å². The lowest BCUT2D eigenvalue weighted by molar-refractivity contribution is 0.191. The molecule has 3 rings (SSSR count). The molecule has 0 atom stereocenters. The van der Waals surface area contributed by atoms with E-state index in [4.69, 9.17) is 9.15 Å². The third kappa shape index (κ3) is 2.88. The summed E-state index contributed by atoms with van der Waals surface area (Å²) in [6.45, 7) is -2.02. The third-order valence-electron chi connectivity index (χ3n) is 3.44. The summed E-state index contributed by atoms with van der Waals surface area (Å²) in [5.74, 6) is -0.00246. The van der Waals surface area contributed by atoms with Crippen LogP contribution < -0.4 is 14.9 Å². The predicted octanol–water partition coefficient (Wildman–Crippen LogP) is 3.78. The number of benzene rings is 2. The van der Waals surface area contributed by atoms with Gasteiger partial charge in [0.2, 0.25) is 19.2 Å². The van der Waals surface area contributed by atoms with Crippen LogP contribution in [0.15, 0.2) is 51.9 Å². The van der Waals surface area contributed by atoms with Gasteiger partial charge < -0.3 is 19.0 Å². The smallest absolute Gasteiger partial charge is 0.228 e. The molecule has 3 aromatic rings. The molecule has 1 aromatic heterocycles. The van der Waals surface area contributed by atoms with E-state index in [1.165, 1.54) is 24.5 Å². The Morgan fingerprint density at radius 3 is 2.33 bits per heavy atom. The minimum absolute atomic E-state index is 0.0391. The number of phenols is 1. The Kier molecular flexibility index (Phi) is 4.33. The summed E-state index contributed by atoms with van der Waals surface area (Å²) in [7, 11) is 0. The van der Waals surface area contributed by atoms with E-state index in [2.05, 4.69) is 4.74 Å². The van der Waals surface area contributed by atoms with Crippen molar-refractivity contribution in [1.82, 2.24) is 0 Å². The molecular weight excluding hydrogens is 322 g/mol. The Labute approximate surface area is 134 Å². The molecule has 5 nitrogen and oxygen atoms in total. The van der Waals surface area contributed by atoms with Crippen LogP contribution in [0.1, 0.15) is 0 Å². The van der Waals surface area contributed by atoms with E-state index in [0.29, 0.717) is 11.3 Å². The van der Waals surface area contributed by atoms with Crippen molar-refractivity contribution in [3.8, 4) is 28.4 Å². The molecule has 2 aromatic carbocycles. The molecule has 0 amide bonds. The second-order valence-electron chi connectivity index (χ2n) is 4.83. The minimum atomic E-state index is -1.07. The van der Waals surface area contributed by atoms with Crippen LogP contribution >= 0.6 is 0 Å². The zero-order valence-electron chi connectivity index (χ0n) is 12.3. The van der Waals surface area contributed by atoms with Gasteiger partial charge in [-0.05, 0) is 17.7 Å². The highest BCUT2D eigenvalue weighted by Gasteiger charge is 2.14. The number of hydrogen-bond donors (Lipinski definition) is 1. The predicted molar refractivity (Wildman–Crippen MR) is 82.8 cm³/mol. The van der Waals surface area contributed by atoms with E-state index in [1.54, 1.807) is 12.1 Å². The molecule has 1 heterocycles. The zero-order valence-corrected chi connectivity index (χ0v) is 12.3. The average Bonchev–Trinajstić information content (AvgIpc) is 2.56. The standard InChI is InChI=1S/C17H12F2O5/c18-8-23-11-3-1-10(2-4-11)13-7-22-15-6-12(24-9-19)5-14(20)16(15)17(13)21/h1-7,20H,8-9H2. The number of phenolic OH excluding ortho intramolecular Hbond substituents is 1. The Bertz CT molecular complexity index is 919. The van der Waals surface area contributed by atoms with Crippen molar-refractivity contribution in [2.75, 3.05) is 13.7 Å². The van der Waals surface area contributed by atoms with Crippen molar-refractivity contribution < 1.29 is 27.8 Å². The van der Waals surface area contributed by atoms with Gasteiger partial charge in [0.25, 0.3) is 0 Å². The van der Waals surface area contributed by atoms with E-state index >= 15 is 0 Å². The molecule has 124 valence electrons. The third-order valence-corrected chi connectivity index (χ3v) is 3.44. The van der Waals surface area contributed by atoms with Crippen molar-refractivity contribution in [2.24, 2.45) is 0 Å². The first kappa shape index (κ1) is 15.8. The van der Waals surface area contributed by atoms with Crippen LogP contribution in [-0.2, 0) is 0 Å². The zero-order chi connectivity index (χ0) is 17.1. The SMILES string of the molecule is O=c1c(-c2ccc(OCF)cc2)coc2cc(OCF)cc(O)c12. The van der Waals surface area contributed by atoms with E-state index in [0.717, 1.165) is 6.07 Å². The van der Waals surface area contributed by atoms with Crippen molar-refractivity contribution >= 4 is 11.0 Å². The number of rotatable bonds is 5. The highest BCUT2D eigenvalue weighted by atomic mass is 19.1. The summed E-state index contributed by atoms with van der Waals surface area (Å²) < 4.78 is 39.1. The maximum absolute atomic E-state index is 12.6. The van der Waals surface area contributed by atoms with Gasteiger partial charge in [0, 0.05) is 12.1 Å². The quantitative estimate of drug-likeness (QED) is 0.769. The Balaban J connectivity index is 2.10. The summed E-state index contributed by atoms with van der Waals surface area (Å²) in [6, 6.07) is 8.62. The van der Waals surface area contributed by atoms with Crippen molar-refractivity contribution in [2.45, 2.75) is 0 Å². The molecule has 7 heteroatoms. The Hall–Kier alpha value is -3.09. The first-order chi connectivity index (χ1) is 11.6. The molecule has 0 aliphatic carbocycles. The number of hydrogen-bond acceptors (Lipinski definition) is 5. The lowest BCUT2D eigenvalue weighted by Crippen LogP contribution is -2.05. The molecule has 0 aliphatic rings. The summed E-state index contributed by atoms with van der Waals surface area (Å²) in [4.78, 5) is 12.6. The van der Waals surface area contributed by atoms with Crippen molar-refractivity contribution in [3.05, 3.63) is 52.9 Å². The van der Waals surface area contributed by atoms with E-state index in [9.17, 15) is 18.7 Å². The van der Waals surface area contributed by atoms with Gasteiger partial charge in [-0.3, -0.25) is 4.79 Å². The topological polar surface area (TPSA) is 68.9 Å². The van der Waals surface area contributed by atoms with Crippen LogP contribution in [0.2, 0.25) is 0 Å². The Morgan fingerprint density at radius 1 is 1.00 bits per heavy atom. The highest BCUT2D eigenvalue weighted by Crippen LogP contribution is 2.30. The molecule has 0 saturated carbocycles. The molecule has 1 N–H and O–H groups in total. The molecule has 0 unspecified atom stereocenters. The lowest BCUT2D eigenvalue weighted by Gasteiger charge is -2.07. The van der Waals surface area contributed by atoms with Gasteiger partial charge >= 0.3 is 0 Å². The number of halogens is 2. The fraction of sp³-hybridized carbons (Fsp3) is 0.118. The van der Waals surface area contributed by atoms with Crippen molar-refractivity contribution in [1.29, 1.82) is 0 Å². The molecule has 0 aliphatic heterocycles. The first-order valence-electron chi connectivity index (χ1n) is 6.90. The molecule has 0 fully saturated rings. The van der Waals surface area contributed by atoms with Crippen LogP contribution in [0, 0.1) is 0 Å². The molecular formula is C17H12F2O5. The Morgan fingerprint density at radius 2 is 1.67 bits per heavy atom. The second kappa shape index (κ2) is 6.57. The van der Waals surface area contributed by atoms with Gasteiger partial charge in [0.05, 0.1) is 5.56 Å². The molecule has 24 heavy (non-hydrogen) atoms.